The number of guanidine groups is 1. The van der Waals surface area contributed by atoms with Crippen molar-refractivity contribution in [2.75, 3.05) is 47.4 Å². The molecule has 2 N–H and O–H groups in total. The largest absolute Gasteiger partial charge is 0.490 e. The molecule has 1 unspecified atom stereocenters. The number of nitrogens with zero attached hydrogens (tertiary/aromatic N) is 4. The van der Waals surface area contributed by atoms with Gasteiger partial charge in [-0.3, -0.25) is 9.67 Å². The highest BCUT2D eigenvalue weighted by Gasteiger charge is 2.16. The van der Waals surface area contributed by atoms with Crippen molar-refractivity contribution in [2.45, 2.75) is 26.3 Å². The zero-order valence-electron chi connectivity index (χ0n) is 19.1. The van der Waals surface area contributed by atoms with E-state index in [4.69, 9.17) is 9.47 Å². The Morgan fingerprint density at radius 3 is 2.50 bits per heavy atom. The first-order chi connectivity index (χ1) is 14.5. The maximum Gasteiger partial charge on any atom is 0.191 e. The minimum absolute atomic E-state index is 0.206. The second kappa shape index (κ2) is 12.1. The number of benzene rings is 1. The summed E-state index contributed by atoms with van der Waals surface area (Å²) in [6.45, 7) is 6.68. The van der Waals surface area contributed by atoms with E-state index in [1.54, 1.807) is 7.05 Å². The van der Waals surface area contributed by atoms with Crippen LogP contribution in [0.5, 0.6) is 11.5 Å². The summed E-state index contributed by atoms with van der Waals surface area (Å²) >= 11 is 0. The summed E-state index contributed by atoms with van der Waals surface area (Å²) in [6.07, 6.45) is 4.81. The molecule has 166 valence electrons. The SMILES string of the molecule is CCOc1ccc(CCNC(=NC)NCC(c2cnn(C)c2)N(C)C)cc1OCC. The number of aliphatic imine (C=N–C) groups is 1. The van der Waals surface area contributed by atoms with Crippen molar-refractivity contribution >= 4 is 5.96 Å². The number of aryl methyl sites for hydroxylation is 1. The van der Waals surface area contributed by atoms with Crippen LogP contribution in [-0.4, -0.2) is 68.1 Å². The molecule has 1 aromatic heterocycles. The highest BCUT2D eigenvalue weighted by molar-refractivity contribution is 5.79. The molecule has 0 bridgehead atoms. The lowest BCUT2D eigenvalue weighted by Crippen LogP contribution is -2.42. The average molecular weight is 417 g/mol. The fourth-order valence-electron chi connectivity index (χ4n) is 3.20. The van der Waals surface area contributed by atoms with Crippen molar-refractivity contribution in [3.8, 4) is 11.5 Å². The number of hydrogen-bond acceptors (Lipinski definition) is 5. The molecule has 0 spiro atoms. The molecule has 30 heavy (non-hydrogen) atoms. The van der Waals surface area contributed by atoms with E-state index >= 15 is 0 Å². The summed E-state index contributed by atoms with van der Waals surface area (Å²) in [6, 6.07) is 6.32. The van der Waals surface area contributed by atoms with E-state index in [0.717, 1.165) is 37.0 Å². The molecule has 0 aliphatic rings. The highest BCUT2D eigenvalue weighted by Crippen LogP contribution is 2.28. The lowest BCUT2D eigenvalue weighted by molar-refractivity contribution is 0.287. The van der Waals surface area contributed by atoms with Crippen LogP contribution in [0, 0.1) is 0 Å². The van der Waals surface area contributed by atoms with Crippen LogP contribution in [0.4, 0.5) is 0 Å². The van der Waals surface area contributed by atoms with Crippen LogP contribution < -0.4 is 20.1 Å². The molecule has 0 radical (unpaired) electrons. The number of likely N-dealkylation sites (N-methyl/N-ethyl adjacent to an activating group) is 1. The fraction of sp³-hybridized carbons (Fsp3) is 0.545. The van der Waals surface area contributed by atoms with Crippen molar-refractivity contribution in [3.05, 3.63) is 41.7 Å². The molecule has 0 saturated heterocycles. The molecular formula is C22H36N6O2. The van der Waals surface area contributed by atoms with Crippen LogP contribution in [0.3, 0.4) is 0 Å². The van der Waals surface area contributed by atoms with Crippen molar-refractivity contribution in [3.63, 3.8) is 0 Å². The molecule has 0 aliphatic carbocycles. The minimum Gasteiger partial charge on any atom is -0.490 e. The van der Waals surface area contributed by atoms with Gasteiger partial charge in [-0.1, -0.05) is 6.07 Å². The predicted octanol–water partition coefficient (Wildman–Crippen LogP) is 2.23. The molecule has 0 aliphatic heterocycles. The van der Waals surface area contributed by atoms with Gasteiger partial charge in [0, 0.05) is 38.9 Å². The third-order valence-electron chi connectivity index (χ3n) is 4.73. The van der Waals surface area contributed by atoms with Crippen LogP contribution >= 0.6 is 0 Å². The summed E-state index contributed by atoms with van der Waals surface area (Å²) in [5.41, 5.74) is 2.36. The second-order valence-corrected chi connectivity index (χ2v) is 7.20. The quantitative estimate of drug-likeness (QED) is 0.432. The molecule has 0 amide bonds. The Kier molecular flexibility index (Phi) is 9.47. The zero-order chi connectivity index (χ0) is 21.9. The van der Waals surface area contributed by atoms with Gasteiger partial charge in [0.1, 0.15) is 0 Å². The number of hydrogen-bond donors (Lipinski definition) is 2. The first kappa shape index (κ1) is 23.5. The van der Waals surface area contributed by atoms with E-state index in [1.807, 2.05) is 44.0 Å². The zero-order valence-corrected chi connectivity index (χ0v) is 19.1. The lowest BCUT2D eigenvalue weighted by Gasteiger charge is -2.24. The summed E-state index contributed by atoms with van der Waals surface area (Å²) in [5, 5.41) is 11.1. The van der Waals surface area contributed by atoms with E-state index in [9.17, 15) is 0 Å². The molecule has 0 saturated carbocycles. The van der Waals surface area contributed by atoms with E-state index in [0.29, 0.717) is 13.2 Å². The van der Waals surface area contributed by atoms with Gasteiger partial charge in [0.15, 0.2) is 17.5 Å². The predicted molar refractivity (Wildman–Crippen MR) is 121 cm³/mol. The molecule has 1 aromatic carbocycles. The average Bonchev–Trinajstić information content (AvgIpc) is 3.14. The molecule has 1 atom stereocenters. The summed E-state index contributed by atoms with van der Waals surface area (Å²) in [5.74, 6) is 2.37. The molecule has 2 aromatic rings. The summed E-state index contributed by atoms with van der Waals surface area (Å²) in [7, 11) is 7.85. The Bertz CT molecular complexity index is 803. The van der Waals surface area contributed by atoms with Gasteiger partial charge >= 0.3 is 0 Å². The van der Waals surface area contributed by atoms with Gasteiger partial charge in [-0.25, -0.2) is 0 Å². The Morgan fingerprint density at radius 2 is 1.90 bits per heavy atom. The van der Waals surface area contributed by atoms with Gasteiger partial charge < -0.3 is 25.0 Å². The molecule has 8 nitrogen and oxygen atoms in total. The minimum atomic E-state index is 0.206. The van der Waals surface area contributed by atoms with Gasteiger partial charge in [-0.2, -0.15) is 5.10 Å². The standard InChI is InChI=1S/C22H36N6O2/c1-7-29-20-10-9-17(13-21(20)30-8-2)11-12-24-22(23-3)25-15-19(27(4)5)18-14-26-28(6)16-18/h9-10,13-14,16,19H,7-8,11-12,15H2,1-6H3,(H2,23,24,25). The van der Waals surface area contributed by atoms with Crippen LogP contribution in [0.1, 0.15) is 31.0 Å². The van der Waals surface area contributed by atoms with Crippen molar-refractivity contribution in [1.82, 2.24) is 25.3 Å². The van der Waals surface area contributed by atoms with Gasteiger partial charge in [0.25, 0.3) is 0 Å². The maximum absolute atomic E-state index is 5.72. The Balaban J connectivity index is 1.89. The number of rotatable bonds is 11. The van der Waals surface area contributed by atoms with Gasteiger partial charge in [-0.15, -0.1) is 0 Å². The van der Waals surface area contributed by atoms with E-state index < -0.39 is 0 Å². The fourth-order valence-corrected chi connectivity index (χ4v) is 3.20. The summed E-state index contributed by atoms with van der Waals surface area (Å²) < 4.78 is 13.2. The maximum atomic E-state index is 5.72. The Hall–Kier alpha value is -2.74. The Morgan fingerprint density at radius 1 is 1.17 bits per heavy atom. The van der Waals surface area contributed by atoms with Gasteiger partial charge in [0.05, 0.1) is 25.5 Å². The first-order valence-electron chi connectivity index (χ1n) is 10.5. The normalized spacial score (nSPS) is 12.7. The molecule has 8 heteroatoms. The topological polar surface area (TPSA) is 75.9 Å². The van der Waals surface area contributed by atoms with Crippen molar-refractivity contribution < 1.29 is 9.47 Å². The van der Waals surface area contributed by atoms with Crippen LogP contribution in [-0.2, 0) is 13.5 Å². The first-order valence-corrected chi connectivity index (χ1v) is 10.5. The van der Waals surface area contributed by atoms with E-state index in [2.05, 4.69) is 51.9 Å². The van der Waals surface area contributed by atoms with E-state index in [-0.39, 0.29) is 6.04 Å². The van der Waals surface area contributed by atoms with E-state index in [1.165, 1.54) is 11.1 Å². The molecule has 2 rings (SSSR count). The Labute approximate surface area is 180 Å². The second-order valence-electron chi connectivity index (χ2n) is 7.20. The highest BCUT2D eigenvalue weighted by atomic mass is 16.5. The van der Waals surface area contributed by atoms with Crippen LogP contribution in [0.15, 0.2) is 35.6 Å². The molecular weight excluding hydrogens is 380 g/mol. The number of aromatic nitrogens is 2. The molecule has 0 fully saturated rings. The number of ether oxygens (including phenoxy) is 2. The van der Waals surface area contributed by atoms with Crippen molar-refractivity contribution in [2.24, 2.45) is 12.0 Å². The monoisotopic (exact) mass is 416 g/mol. The summed E-state index contributed by atoms with van der Waals surface area (Å²) in [4.78, 5) is 6.52. The third-order valence-corrected chi connectivity index (χ3v) is 4.73. The van der Waals surface area contributed by atoms with Crippen LogP contribution in [0.2, 0.25) is 0 Å². The van der Waals surface area contributed by atoms with Gasteiger partial charge in [-0.05, 0) is 52.1 Å². The third kappa shape index (κ3) is 6.95. The van der Waals surface area contributed by atoms with Crippen molar-refractivity contribution in [1.29, 1.82) is 0 Å². The lowest BCUT2D eigenvalue weighted by atomic mass is 10.1. The number of nitrogens with one attached hydrogen (secondary N) is 2. The van der Waals surface area contributed by atoms with Gasteiger partial charge in [0.2, 0.25) is 0 Å². The smallest absolute Gasteiger partial charge is 0.191 e. The molecule has 1 heterocycles. The van der Waals surface area contributed by atoms with Crippen LogP contribution in [0.25, 0.3) is 0 Å².